The highest BCUT2D eigenvalue weighted by Gasteiger charge is 2.42. The lowest BCUT2D eigenvalue weighted by Crippen LogP contribution is -2.29. The Morgan fingerprint density at radius 2 is 1.61 bits per heavy atom. The molecular formula is C24H18N4O2S. The van der Waals surface area contributed by atoms with Crippen molar-refractivity contribution in [2.45, 2.75) is 6.92 Å². The van der Waals surface area contributed by atoms with E-state index in [1.807, 2.05) is 73.7 Å². The van der Waals surface area contributed by atoms with Gasteiger partial charge in [0.15, 0.2) is 11.0 Å². The van der Waals surface area contributed by atoms with Gasteiger partial charge < -0.3 is 4.90 Å². The molecule has 1 aromatic heterocycles. The summed E-state index contributed by atoms with van der Waals surface area (Å²) >= 11 is 1.21. The van der Waals surface area contributed by atoms with Gasteiger partial charge in [-0.3, -0.25) is 14.5 Å². The number of amides is 2. The molecule has 2 aliphatic heterocycles. The number of thioether (sulfide) groups is 1. The first kappa shape index (κ1) is 19.3. The molecule has 0 bridgehead atoms. The number of aliphatic imine (C=N–C) groups is 1. The van der Waals surface area contributed by atoms with E-state index in [9.17, 15) is 9.59 Å². The normalized spacial score (nSPS) is 19.5. The highest BCUT2D eigenvalue weighted by atomic mass is 32.2. The Bertz CT molecular complexity index is 1280. The number of rotatable bonds is 2. The number of benzene rings is 2. The van der Waals surface area contributed by atoms with Crippen molar-refractivity contribution in [2.75, 3.05) is 16.8 Å². The number of amidine groups is 1. The molecular weight excluding hydrogens is 408 g/mol. The number of para-hydroxylation sites is 2. The Hall–Kier alpha value is -3.71. The predicted molar refractivity (Wildman–Crippen MR) is 124 cm³/mol. The maximum Gasteiger partial charge on any atom is 0.272 e. The quantitative estimate of drug-likeness (QED) is 0.564. The second-order valence-electron chi connectivity index (χ2n) is 7.20. The molecule has 2 aliphatic rings. The first-order chi connectivity index (χ1) is 15.0. The van der Waals surface area contributed by atoms with Crippen molar-refractivity contribution in [3.8, 4) is 0 Å². The van der Waals surface area contributed by atoms with Crippen molar-refractivity contribution in [3.05, 3.63) is 89.0 Å². The minimum atomic E-state index is -0.268. The SMILES string of the molecule is Cc1cccc(/N=C2/S/C(=C3\C(=O)N(C)c4ccccc43)C(=O)N2c2ccccc2)n1. The number of hydrogen-bond acceptors (Lipinski definition) is 5. The number of aryl methyl sites for hydroxylation is 1. The third-order valence-electron chi connectivity index (χ3n) is 5.16. The Labute approximate surface area is 183 Å². The van der Waals surface area contributed by atoms with Crippen LogP contribution >= 0.6 is 11.8 Å². The zero-order valence-electron chi connectivity index (χ0n) is 16.9. The molecule has 0 atom stereocenters. The van der Waals surface area contributed by atoms with Crippen LogP contribution in [-0.4, -0.2) is 29.0 Å². The van der Waals surface area contributed by atoms with Gasteiger partial charge in [-0.1, -0.05) is 42.5 Å². The van der Waals surface area contributed by atoms with E-state index in [0.29, 0.717) is 27.2 Å². The van der Waals surface area contributed by atoms with Crippen molar-refractivity contribution < 1.29 is 9.59 Å². The Morgan fingerprint density at radius 1 is 0.871 bits per heavy atom. The second-order valence-corrected chi connectivity index (χ2v) is 8.17. The molecule has 0 unspecified atom stereocenters. The number of carbonyl (C=O) groups excluding carboxylic acids is 2. The Balaban J connectivity index is 1.69. The molecule has 6 nitrogen and oxygen atoms in total. The molecule has 1 fully saturated rings. The van der Waals surface area contributed by atoms with Gasteiger partial charge in [0, 0.05) is 18.3 Å². The summed E-state index contributed by atoms with van der Waals surface area (Å²) in [5, 5.41) is 0.469. The van der Waals surface area contributed by atoms with Gasteiger partial charge in [0.05, 0.1) is 21.9 Å². The van der Waals surface area contributed by atoms with Crippen LogP contribution in [-0.2, 0) is 9.59 Å². The second kappa shape index (κ2) is 7.52. The lowest BCUT2D eigenvalue weighted by molar-refractivity contribution is -0.115. The van der Waals surface area contributed by atoms with Crippen LogP contribution in [0.15, 0.2) is 82.7 Å². The van der Waals surface area contributed by atoms with Crippen molar-refractivity contribution in [2.24, 2.45) is 4.99 Å². The third-order valence-corrected chi connectivity index (χ3v) is 6.20. The van der Waals surface area contributed by atoms with Crippen LogP contribution in [0.25, 0.3) is 5.57 Å². The number of fused-ring (bicyclic) bond motifs is 1. The van der Waals surface area contributed by atoms with Crippen LogP contribution < -0.4 is 9.80 Å². The van der Waals surface area contributed by atoms with E-state index >= 15 is 0 Å². The van der Waals surface area contributed by atoms with Crippen LogP contribution in [0, 0.1) is 6.92 Å². The van der Waals surface area contributed by atoms with E-state index < -0.39 is 0 Å². The number of aromatic nitrogens is 1. The summed E-state index contributed by atoms with van der Waals surface area (Å²) in [5.41, 5.74) is 3.49. The molecule has 5 rings (SSSR count). The lowest BCUT2D eigenvalue weighted by Gasteiger charge is -2.15. The summed E-state index contributed by atoms with van der Waals surface area (Å²) in [6, 6.07) is 22.4. The van der Waals surface area contributed by atoms with E-state index in [4.69, 9.17) is 0 Å². The van der Waals surface area contributed by atoms with Crippen molar-refractivity contribution in [1.82, 2.24) is 4.98 Å². The van der Waals surface area contributed by atoms with Gasteiger partial charge in [-0.05, 0) is 49.0 Å². The maximum atomic E-state index is 13.6. The molecule has 0 N–H and O–H groups in total. The van der Waals surface area contributed by atoms with Gasteiger partial charge in [-0.25, -0.2) is 9.98 Å². The minimum absolute atomic E-state index is 0.194. The van der Waals surface area contributed by atoms with Crippen molar-refractivity contribution in [3.63, 3.8) is 0 Å². The summed E-state index contributed by atoms with van der Waals surface area (Å²) in [6.45, 7) is 1.89. The molecule has 3 heterocycles. The smallest absolute Gasteiger partial charge is 0.272 e. The minimum Gasteiger partial charge on any atom is -0.311 e. The van der Waals surface area contributed by atoms with Gasteiger partial charge >= 0.3 is 0 Å². The third kappa shape index (κ3) is 3.23. The monoisotopic (exact) mass is 426 g/mol. The summed E-state index contributed by atoms with van der Waals surface area (Å²) < 4.78 is 0. The fraction of sp³-hybridized carbons (Fsp3) is 0.0833. The summed E-state index contributed by atoms with van der Waals surface area (Å²) in [6.07, 6.45) is 0. The predicted octanol–water partition coefficient (Wildman–Crippen LogP) is 4.55. The van der Waals surface area contributed by atoms with E-state index in [-0.39, 0.29) is 11.8 Å². The molecule has 0 radical (unpaired) electrons. The fourth-order valence-corrected chi connectivity index (χ4v) is 4.76. The van der Waals surface area contributed by atoms with Gasteiger partial charge in [0.2, 0.25) is 0 Å². The standard InChI is InChI=1S/C24H18N4O2S/c1-15-9-8-14-19(25-15)26-24-28(16-10-4-3-5-11-16)23(30)21(31-24)20-17-12-6-7-13-18(17)27(2)22(20)29/h3-14H,1-2H3/b21-20-,26-24+. The molecule has 7 heteroatoms. The zero-order valence-corrected chi connectivity index (χ0v) is 17.8. The number of hydrogen-bond donors (Lipinski definition) is 0. The average Bonchev–Trinajstić information content (AvgIpc) is 3.22. The van der Waals surface area contributed by atoms with E-state index in [0.717, 1.165) is 16.9 Å². The maximum absolute atomic E-state index is 13.6. The lowest BCUT2D eigenvalue weighted by atomic mass is 10.1. The highest BCUT2D eigenvalue weighted by Crippen LogP contribution is 2.45. The average molecular weight is 427 g/mol. The Kier molecular flexibility index (Phi) is 4.67. The molecule has 1 saturated heterocycles. The number of carbonyl (C=O) groups is 2. The topological polar surface area (TPSA) is 65.9 Å². The molecule has 0 spiro atoms. The van der Waals surface area contributed by atoms with Crippen molar-refractivity contribution >= 4 is 51.5 Å². The molecule has 0 aliphatic carbocycles. The number of nitrogens with zero attached hydrogens (tertiary/aromatic N) is 4. The molecule has 3 aromatic rings. The van der Waals surface area contributed by atoms with E-state index in [2.05, 4.69) is 9.98 Å². The number of likely N-dealkylation sites (N-methyl/N-ethyl adjacent to an activating group) is 1. The van der Waals surface area contributed by atoms with E-state index in [1.165, 1.54) is 11.8 Å². The fourth-order valence-electron chi connectivity index (χ4n) is 3.68. The summed E-state index contributed by atoms with van der Waals surface area (Å²) in [4.78, 5) is 39.3. The summed E-state index contributed by atoms with van der Waals surface area (Å²) in [5.74, 6) is 0.0498. The van der Waals surface area contributed by atoms with Crippen molar-refractivity contribution in [1.29, 1.82) is 0 Å². The van der Waals surface area contributed by atoms with Gasteiger partial charge in [0.1, 0.15) is 0 Å². The molecule has 31 heavy (non-hydrogen) atoms. The van der Waals surface area contributed by atoms with Crippen LogP contribution in [0.2, 0.25) is 0 Å². The Morgan fingerprint density at radius 3 is 2.39 bits per heavy atom. The van der Waals surface area contributed by atoms with Gasteiger partial charge in [-0.2, -0.15) is 0 Å². The van der Waals surface area contributed by atoms with Gasteiger partial charge in [0.25, 0.3) is 11.8 Å². The van der Waals surface area contributed by atoms with Crippen LogP contribution in [0.5, 0.6) is 0 Å². The molecule has 0 saturated carbocycles. The van der Waals surface area contributed by atoms with Gasteiger partial charge in [-0.15, -0.1) is 0 Å². The first-order valence-electron chi connectivity index (χ1n) is 9.76. The molecule has 2 amide bonds. The van der Waals surface area contributed by atoms with Crippen LogP contribution in [0.3, 0.4) is 0 Å². The summed E-state index contributed by atoms with van der Waals surface area (Å²) in [7, 11) is 1.72. The zero-order chi connectivity index (χ0) is 21.5. The highest BCUT2D eigenvalue weighted by molar-refractivity contribution is 8.19. The molecule has 2 aromatic carbocycles. The molecule has 152 valence electrons. The van der Waals surface area contributed by atoms with Crippen LogP contribution in [0.1, 0.15) is 11.3 Å². The first-order valence-corrected chi connectivity index (χ1v) is 10.6. The number of anilines is 2. The van der Waals surface area contributed by atoms with E-state index in [1.54, 1.807) is 22.9 Å². The van der Waals surface area contributed by atoms with Crippen LogP contribution in [0.4, 0.5) is 17.2 Å². The number of pyridine rings is 1. The largest absolute Gasteiger partial charge is 0.311 e.